The Morgan fingerprint density at radius 2 is 1.75 bits per heavy atom. The molecular formula is C16H13NO2S. The SMILES string of the molecule is N#Cc1ccc(CSc2ccc3c(c2)OCCO3)cc1. The van der Waals surface area contributed by atoms with E-state index in [0.29, 0.717) is 18.8 Å². The van der Waals surface area contributed by atoms with Crippen molar-refractivity contribution in [1.82, 2.24) is 0 Å². The first kappa shape index (κ1) is 12.9. The van der Waals surface area contributed by atoms with E-state index in [1.165, 1.54) is 5.56 Å². The minimum atomic E-state index is 0.608. The first-order valence-corrected chi connectivity index (χ1v) is 7.35. The van der Waals surface area contributed by atoms with Crippen molar-refractivity contribution in [3.8, 4) is 17.6 Å². The molecule has 0 bridgehead atoms. The molecule has 0 aliphatic carbocycles. The van der Waals surface area contributed by atoms with Crippen LogP contribution >= 0.6 is 11.8 Å². The van der Waals surface area contributed by atoms with Crippen molar-refractivity contribution in [2.75, 3.05) is 13.2 Å². The Kier molecular flexibility index (Phi) is 3.80. The molecular weight excluding hydrogens is 270 g/mol. The van der Waals surface area contributed by atoms with Gasteiger partial charge in [-0.3, -0.25) is 0 Å². The van der Waals surface area contributed by atoms with Gasteiger partial charge in [0.1, 0.15) is 13.2 Å². The van der Waals surface area contributed by atoms with Gasteiger partial charge in [0.05, 0.1) is 11.6 Å². The summed E-state index contributed by atoms with van der Waals surface area (Å²) in [4.78, 5) is 1.15. The number of nitriles is 1. The van der Waals surface area contributed by atoms with E-state index >= 15 is 0 Å². The van der Waals surface area contributed by atoms with Crippen LogP contribution in [0.2, 0.25) is 0 Å². The Morgan fingerprint density at radius 3 is 2.50 bits per heavy atom. The molecule has 0 N–H and O–H groups in total. The highest BCUT2D eigenvalue weighted by molar-refractivity contribution is 7.98. The summed E-state index contributed by atoms with van der Waals surface area (Å²) in [7, 11) is 0. The first-order chi connectivity index (χ1) is 9.85. The zero-order valence-electron chi connectivity index (χ0n) is 10.8. The van der Waals surface area contributed by atoms with Crippen LogP contribution < -0.4 is 9.47 Å². The monoisotopic (exact) mass is 283 g/mol. The molecule has 0 spiro atoms. The van der Waals surface area contributed by atoms with Gasteiger partial charge in [0, 0.05) is 10.6 Å². The molecule has 0 aromatic heterocycles. The van der Waals surface area contributed by atoms with E-state index < -0.39 is 0 Å². The van der Waals surface area contributed by atoms with Crippen LogP contribution in [0.25, 0.3) is 0 Å². The second-order valence-electron chi connectivity index (χ2n) is 4.40. The third-order valence-corrected chi connectivity index (χ3v) is 4.07. The van der Waals surface area contributed by atoms with Crippen LogP contribution in [-0.2, 0) is 5.75 Å². The third kappa shape index (κ3) is 2.89. The van der Waals surface area contributed by atoms with Gasteiger partial charge in [-0.1, -0.05) is 12.1 Å². The quantitative estimate of drug-likeness (QED) is 0.807. The summed E-state index contributed by atoms with van der Waals surface area (Å²) in [6, 6.07) is 15.8. The lowest BCUT2D eigenvalue weighted by molar-refractivity contribution is 0.171. The Bertz CT molecular complexity index is 647. The van der Waals surface area contributed by atoms with Crippen LogP contribution in [0.15, 0.2) is 47.4 Å². The van der Waals surface area contributed by atoms with Crippen LogP contribution in [0.1, 0.15) is 11.1 Å². The molecule has 0 saturated heterocycles. The standard InChI is InChI=1S/C16H13NO2S/c17-10-12-1-3-13(4-2-12)11-20-14-5-6-15-16(9-14)19-8-7-18-15/h1-6,9H,7-8,11H2. The Hall–Kier alpha value is -2.12. The number of hydrogen-bond donors (Lipinski definition) is 0. The average Bonchev–Trinajstić information content (AvgIpc) is 2.53. The maximum atomic E-state index is 8.77. The van der Waals surface area contributed by atoms with Crippen LogP contribution in [0, 0.1) is 11.3 Å². The first-order valence-electron chi connectivity index (χ1n) is 6.36. The van der Waals surface area contributed by atoms with Gasteiger partial charge in [-0.2, -0.15) is 5.26 Å². The molecule has 3 rings (SSSR count). The van der Waals surface area contributed by atoms with Crippen LogP contribution in [0.5, 0.6) is 11.5 Å². The topological polar surface area (TPSA) is 42.2 Å². The van der Waals surface area contributed by atoms with Gasteiger partial charge in [-0.15, -0.1) is 11.8 Å². The zero-order chi connectivity index (χ0) is 13.8. The predicted molar refractivity (Wildman–Crippen MR) is 78.2 cm³/mol. The largest absolute Gasteiger partial charge is 0.486 e. The van der Waals surface area contributed by atoms with Crippen molar-refractivity contribution in [2.24, 2.45) is 0 Å². The molecule has 0 fully saturated rings. The maximum absolute atomic E-state index is 8.77. The highest BCUT2D eigenvalue weighted by Crippen LogP contribution is 2.35. The molecule has 0 saturated carbocycles. The third-order valence-electron chi connectivity index (χ3n) is 3.00. The fourth-order valence-corrected chi connectivity index (χ4v) is 2.84. The van der Waals surface area contributed by atoms with E-state index in [4.69, 9.17) is 14.7 Å². The summed E-state index contributed by atoms with van der Waals surface area (Å²) in [5.41, 5.74) is 1.89. The van der Waals surface area contributed by atoms with Gasteiger partial charge in [-0.25, -0.2) is 0 Å². The van der Waals surface area contributed by atoms with Gasteiger partial charge in [0.2, 0.25) is 0 Å². The van der Waals surface area contributed by atoms with Crippen molar-refractivity contribution in [3.05, 3.63) is 53.6 Å². The summed E-state index contributed by atoms with van der Waals surface area (Å²) in [6.45, 7) is 1.22. The molecule has 0 atom stereocenters. The fourth-order valence-electron chi connectivity index (χ4n) is 1.96. The number of rotatable bonds is 3. The van der Waals surface area contributed by atoms with Gasteiger partial charge < -0.3 is 9.47 Å². The smallest absolute Gasteiger partial charge is 0.162 e. The predicted octanol–water partition coefficient (Wildman–Crippen LogP) is 3.62. The molecule has 3 nitrogen and oxygen atoms in total. The molecule has 0 amide bonds. The molecule has 2 aromatic rings. The zero-order valence-corrected chi connectivity index (χ0v) is 11.7. The molecule has 1 aliphatic rings. The average molecular weight is 283 g/mol. The summed E-state index contributed by atoms with van der Waals surface area (Å²) >= 11 is 1.74. The van der Waals surface area contributed by atoms with Gasteiger partial charge >= 0.3 is 0 Å². The lowest BCUT2D eigenvalue weighted by Gasteiger charge is -2.18. The second kappa shape index (κ2) is 5.89. The molecule has 1 heterocycles. The van der Waals surface area contributed by atoms with E-state index in [1.54, 1.807) is 11.8 Å². The summed E-state index contributed by atoms with van der Waals surface area (Å²) < 4.78 is 11.1. The molecule has 0 unspecified atom stereocenters. The normalized spacial score (nSPS) is 12.8. The highest BCUT2D eigenvalue weighted by Gasteiger charge is 2.11. The number of benzene rings is 2. The number of thioether (sulfide) groups is 1. The molecule has 1 aliphatic heterocycles. The Labute approximate surface area is 122 Å². The van der Waals surface area contributed by atoms with Gasteiger partial charge in [0.15, 0.2) is 11.5 Å². The molecule has 100 valence electrons. The van der Waals surface area contributed by atoms with Crippen molar-refractivity contribution in [3.63, 3.8) is 0 Å². The highest BCUT2D eigenvalue weighted by atomic mass is 32.2. The van der Waals surface area contributed by atoms with Crippen LogP contribution in [0.3, 0.4) is 0 Å². The summed E-state index contributed by atoms with van der Waals surface area (Å²) in [5, 5.41) is 8.77. The van der Waals surface area contributed by atoms with Crippen molar-refractivity contribution >= 4 is 11.8 Å². The summed E-state index contributed by atoms with van der Waals surface area (Å²) in [5.74, 6) is 2.51. The minimum Gasteiger partial charge on any atom is -0.486 e. The fraction of sp³-hybridized carbons (Fsp3) is 0.188. The van der Waals surface area contributed by atoms with Gasteiger partial charge in [0.25, 0.3) is 0 Å². The molecule has 20 heavy (non-hydrogen) atoms. The van der Waals surface area contributed by atoms with E-state index in [0.717, 1.165) is 22.1 Å². The van der Waals surface area contributed by atoms with Crippen LogP contribution in [-0.4, -0.2) is 13.2 Å². The van der Waals surface area contributed by atoms with E-state index in [-0.39, 0.29) is 0 Å². The lowest BCUT2D eigenvalue weighted by atomic mass is 10.2. The number of nitrogens with zero attached hydrogens (tertiary/aromatic N) is 1. The number of ether oxygens (including phenoxy) is 2. The number of fused-ring (bicyclic) bond motifs is 1. The van der Waals surface area contributed by atoms with Crippen molar-refractivity contribution < 1.29 is 9.47 Å². The second-order valence-corrected chi connectivity index (χ2v) is 5.45. The lowest BCUT2D eigenvalue weighted by Crippen LogP contribution is -2.15. The van der Waals surface area contributed by atoms with Crippen molar-refractivity contribution in [1.29, 1.82) is 5.26 Å². The van der Waals surface area contributed by atoms with E-state index in [9.17, 15) is 0 Å². The molecule has 2 aromatic carbocycles. The van der Waals surface area contributed by atoms with E-state index in [2.05, 4.69) is 6.07 Å². The van der Waals surface area contributed by atoms with E-state index in [1.807, 2.05) is 42.5 Å². The summed E-state index contributed by atoms with van der Waals surface area (Å²) in [6.07, 6.45) is 0. The Balaban J connectivity index is 1.67. The maximum Gasteiger partial charge on any atom is 0.162 e. The minimum absolute atomic E-state index is 0.608. The number of hydrogen-bond acceptors (Lipinski definition) is 4. The van der Waals surface area contributed by atoms with Gasteiger partial charge in [-0.05, 0) is 35.9 Å². The molecule has 0 radical (unpaired) electrons. The molecule has 4 heteroatoms. The Morgan fingerprint density at radius 1 is 1.00 bits per heavy atom. The van der Waals surface area contributed by atoms with Crippen molar-refractivity contribution in [2.45, 2.75) is 10.6 Å². The van der Waals surface area contributed by atoms with Crippen LogP contribution in [0.4, 0.5) is 0 Å².